The van der Waals surface area contributed by atoms with Crippen molar-refractivity contribution >= 4 is 11.6 Å². The monoisotopic (exact) mass is 391 g/mol. The van der Waals surface area contributed by atoms with Crippen LogP contribution in [0.1, 0.15) is 36.4 Å². The summed E-state index contributed by atoms with van der Waals surface area (Å²) in [5.41, 5.74) is 3.93. The molecule has 1 saturated heterocycles. The lowest BCUT2D eigenvalue weighted by Crippen LogP contribution is -2.45. The largest absolute Gasteiger partial charge is 0.493 e. The summed E-state index contributed by atoms with van der Waals surface area (Å²) >= 11 is 0. The summed E-state index contributed by atoms with van der Waals surface area (Å²) in [5, 5.41) is 3.26. The molecule has 0 spiro atoms. The first-order chi connectivity index (χ1) is 14.3. The molecule has 1 amide bonds. The van der Waals surface area contributed by atoms with Crippen molar-refractivity contribution in [2.24, 2.45) is 0 Å². The maximum Gasteiger partial charge on any atom is 0.234 e. The highest BCUT2D eigenvalue weighted by Gasteiger charge is 2.31. The van der Waals surface area contributed by atoms with E-state index >= 15 is 0 Å². The second-order valence-electron chi connectivity index (χ2n) is 8.39. The summed E-state index contributed by atoms with van der Waals surface area (Å²) in [4.78, 5) is 17.7. The molecule has 5 rings (SSSR count). The van der Waals surface area contributed by atoms with Crippen molar-refractivity contribution in [2.45, 2.75) is 37.8 Å². The third-order valence-corrected chi connectivity index (χ3v) is 6.55. The van der Waals surface area contributed by atoms with E-state index in [4.69, 9.17) is 4.74 Å². The Morgan fingerprint density at radius 3 is 2.90 bits per heavy atom. The van der Waals surface area contributed by atoms with Crippen LogP contribution in [0, 0.1) is 0 Å². The van der Waals surface area contributed by atoms with E-state index in [2.05, 4.69) is 45.4 Å². The number of fused-ring (bicyclic) bond motifs is 2. The van der Waals surface area contributed by atoms with Crippen molar-refractivity contribution in [1.29, 1.82) is 0 Å². The number of para-hydroxylation sites is 2. The van der Waals surface area contributed by atoms with Gasteiger partial charge in [-0.05, 0) is 43.5 Å². The number of likely N-dealkylation sites (tertiary alicyclic amines) is 1. The van der Waals surface area contributed by atoms with Gasteiger partial charge in [0.05, 0.1) is 19.2 Å². The van der Waals surface area contributed by atoms with Crippen LogP contribution in [0.3, 0.4) is 0 Å². The molecule has 5 nitrogen and oxygen atoms in total. The Morgan fingerprint density at radius 2 is 1.93 bits per heavy atom. The van der Waals surface area contributed by atoms with Crippen LogP contribution >= 0.6 is 0 Å². The number of nitrogens with one attached hydrogen (secondary N) is 1. The Kier molecular flexibility index (Phi) is 5.15. The highest BCUT2D eigenvalue weighted by molar-refractivity contribution is 5.78. The maximum atomic E-state index is 12.9. The third-order valence-electron chi connectivity index (χ3n) is 6.55. The molecule has 2 aromatic carbocycles. The van der Waals surface area contributed by atoms with E-state index in [0.717, 1.165) is 43.8 Å². The van der Waals surface area contributed by atoms with Crippen molar-refractivity contribution < 1.29 is 9.53 Å². The first kappa shape index (κ1) is 18.5. The summed E-state index contributed by atoms with van der Waals surface area (Å²) in [6.45, 7) is 4.26. The molecule has 29 heavy (non-hydrogen) atoms. The van der Waals surface area contributed by atoms with Gasteiger partial charge in [0, 0.05) is 36.8 Å². The Hall–Kier alpha value is -2.53. The second-order valence-corrected chi connectivity index (χ2v) is 8.39. The van der Waals surface area contributed by atoms with E-state index in [0.29, 0.717) is 19.2 Å². The topological polar surface area (TPSA) is 44.8 Å². The molecule has 0 aromatic heterocycles. The van der Waals surface area contributed by atoms with Crippen LogP contribution in [0.4, 0.5) is 5.69 Å². The Labute approximate surface area is 172 Å². The van der Waals surface area contributed by atoms with E-state index in [-0.39, 0.29) is 11.9 Å². The van der Waals surface area contributed by atoms with Crippen molar-refractivity contribution in [3.8, 4) is 5.75 Å². The van der Waals surface area contributed by atoms with Gasteiger partial charge in [-0.25, -0.2) is 0 Å². The highest BCUT2D eigenvalue weighted by atomic mass is 16.5. The SMILES string of the molecule is O=C(CN1CCC[C@H]1CN1CCc2ccccc21)N[C@@H]1CCOc2ccccc21. The van der Waals surface area contributed by atoms with Crippen molar-refractivity contribution in [3.63, 3.8) is 0 Å². The first-order valence-corrected chi connectivity index (χ1v) is 10.9. The molecule has 3 aliphatic heterocycles. The summed E-state index contributed by atoms with van der Waals surface area (Å²) in [5.74, 6) is 1.02. The zero-order valence-corrected chi connectivity index (χ0v) is 16.8. The molecule has 1 fully saturated rings. The molecule has 0 bridgehead atoms. The summed E-state index contributed by atoms with van der Waals surface area (Å²) < 4.78 is 5.72. The number of carbonyl (C=O) groups excluding carboxylic acids is 1. The van der Waals surface area contributed by atoms with E-state index < -0.39 is 0 Å². The number of rotatable bonds is 5. The van der Waals surface area contributed by atoms with Gasteiger partial charge >= 0.3 is 0 Å². The van der Waals surface area contributed by atoms with Gasteiger partial charge in [-0.2, -0.15) is 0 Å². The zero-order chi connectivity index (χ0) is 19.6. The molecule has 5 heteroatoms. The summed E-state index contributed by atoms with van der Waals surface area (Å²) in [7, 11) is 0. The van der Waals surface area contributed by atoms with E-state index in [9.17, 15) is 4.79 Å². The van der Waals surface area contributed by atoms with E-state index in [1.807, 2.05) is 18.2 Å². The number of anilines is 1. The normalized spacial score (nSPS) is 23.4. The maximum absolute atomic E-state index is 12.9. The standard InChI is InChI=1S/C24H29N3O2/c28-24(25-21-12-15-29-23-10-4-2-8-20(21)23)17-26-13-5-7-19(26)16-27-14-11-18-6-1-3-9-22(18)27/h1-4,6,8-10,19,21H,5,7,11-17H2,(H,25,28)/t19-,21+/m0/s1. The lowest BCUT2D eigenvalue weighted by atomic mass is 10.0. The first-order valence-electron chi connectivity index (χ1n) is 10.9. The van der Waals surface area contributed by atoms with E-state index in [1.54, 1.807) is 0 Å². The molecular formula is C24H29N3O2. The molecule has 3 aliphatic rings. The fourth-order valence-electron chi connectivity index (χ4n) is 5.08. The number of nitrogens with zero attached hydrogens (tertiary/aromatic N) is 2. The molecule has 2 atom stereocenters. The van der Waals surface area contributed by atoms with Crippen molar-refractivity contribution in [3.05, 3.63) is 59.7 Å². The predicted molar refractivity (Wildman–Crippen MR) is 114 cm³/mol. The lowest BCUT2D eigenvalue weighted by Gasteiger charge is -2.31. The molecule has 2 aromatic rings. The van der Waals surface area contributed by atoms with Gasteiger partial charge < -0.3 is 15.0 Å². The average molecular weight is 392 g/mol. The smallest absolute Gasteiger partial charge is 0.234 e. The molecular weight excluding hydrogens is 362 g/mol. The Bertz CT molecular complexity index is 884. The second kappa shape index (κ2) is 8.07. The number of amides is 1. The van der Waals surface area contributed by atoms with Crippen LogP contribution < -0.4 is 15.0 Å². The fourth-order valence-corrected chi connectivity index (χ4v) is 5.08. The zero-order valence-electron chi connectivity index (χ0n) is 16.8. The van der Waals surface area contributed by atoms with Crippen LogP contribution in [0.2, 0.25) is 0 Å². The number of hydrogen-bond donors (Lipinski definition) is 1. The van der Waals surface area contributed by atoms with Crippen LogP contribution in [0.25, 0.3) is 0 Å². The molecule has 3 heterocycles. The van der Waals surface area contributed by atoms with Gasteiger partial charge in [-0.3, -0.25) is 9.69 Å². The molecule has 0 radical (unpaired) electrons. The Balaban J connectivity index is 1.20. The van der Waals surface area contributed by atoms with E-state index in [1.165, 1.54) is 24.1 Å². The number of hydrogen-bond acceptors (Lipinski definition) is 4. The van der Waals surface area contributed by atoms with Gasteiger partial charge in [0.25, 0.3) is 0 Å². The minimum atomic E-state index is 0.0546. The van der Waals surface area contributed by atoms with Gasteiger partial charge in [0.2, 0.25) is 5.91 Å². The van der Waals surface area contributed by atoms with Gasteiger partial charge in [0.15, 0.2) is 0 Å². The average Bonchev–Trinajstić information content (AvgIpc) is 3.36. The minimum absolute atomic E-state index is 0.0546. The molecule has 0 unspecified atom stereocenters. The van der Waals surface area contributed by atoms with Crippen LogP contribution in [0.15, 0.2) is 48.5 Å². The van der Waals surface area contributed by atoms with Crippen LogP contribution in [-0.4, -0.2) is 49.6 Å². The molecule has 152 valence electrons. The fraction of sp³-hybridized carbons (Fsp3) is 0.458. The van der Waals surface area contributed by atoms with Crippen LogP contribution in [0.5, 0.6) is 5.75 Å². The molecule has 0 aliphatic carbocycles. The molecule has 0 saturated carbocycles. The van der Waals surface area contributed by atoms with Gasteiger partial charge in [-0.1, -0.05) is 36.4 Å². The van der Waals surface area contributed by atoms with Gasteiger partial charge in [-0.15, -0.1) is 0 Å². The number of carbonyl (C=O) groups is 1. The number of benzene rings is 2. The predicted octanol–water partition coefficient (Wildman–Crippen LogP) is 3.15. The lowest BCUT2D eigenvalue weighted by molar-refractivity contribution is -0.123. The van der Waals surface area contributed by atoms with Crippen LogP contribution in [-0.2, 0) is 11.2 Å². The quantitative estimate of drug-likeness (QED) is 0.851. The van der Waals surface area contributed by atoms with Gasteiger partial charge in [0.1, 0.15) is 5.75 Å². The third kappa shape index (κ3) is 3.84. The summed E-state index contributed by atoms with van der Waals surface area (Å²) in [6, 6.07) is 17.3. The van der Waals surface area contributed by atoms with Crippen molar-refractivity contribution in [1.82, 2.24) is 10.2 Å². The molecule has 1 N–H and O–H groups in total. The van der Waals surface area contributed by atoms with Crippen molar-refractivity contribution in [2.75, 3.05) is 37.7 Å². The number of ether oxygens (including phenoxy) is 1. The highest BCUT2D eigenvalue weighted by Crippen LogP contribution is 2.32. The minimum Gasteiger partial charge on any atom is -0.493 e. The Morgan fingerprint density at radius 1 is 1.07 bits per heavy atom. The summed E-state index contributed by atoms with van der Waals surface area (Å²) in [6.07, 6.45) is 4.31.